The lowest BCUT2D eigenvalue weighted by Crippen LogP contribution is -2.13. The van der Waals surface area contributed by atoms with E-state index in [0.29, 0.717) is 31.5 Å². The first-order valence-electron chi connectivity index (χ1n) is 7.20. The molecule has 1 atom stereocenters. The molecule has 114 valence electrons. The van der Waals surface area contributed by atoms with E-state index in [1.807, 2.05) is 31.2 Å². The van der Waals surface area contributed by atoms with Crippen molar-refractivity contribution >= 4 is 0 Å². The fraction of sp³-hybridized carbons (Fsp3) is 0.625. The second-order valence-electron chi connectivity index (χ2n) is 5.03. The van der Waals surface area contributed by atoms with Crippen LogP contribution in [0.2, 0.25) is 0 Å². The lowest BCUT2D eigenvalue weighted by molar-refractivity contribution is -0.00190. The molecule has 0 aromatic heterocycles. The lowest BCUT2D eigenvalue weighted by Gasteiger charge is -2.16. The molecule has 0 spiro atoms. The average molecular weight is 282 g/mol. The predicted molar refractivity (Wildman–Crippen MR) is 79.0 cm³/mol. The van der Waals surface area contributed by atoms with Gasteiger partial charge in [0.15, 0.2) is 0 Å². The maximum Gasteiger partial charge on any atom is 0.125 e. The molecule has 20 heavy (non-hydrogen) atoms. The number of ether oxygens (including phenoxy) is 3. The van der Waals surface area contributed by atoms with Crippen LogP contribution < -0.4 is 4.74 Å². The van der Waals surface area contributed by atoms with E-state index in [-0.39, 0.29) is 6.61 Å². The number of rotatable bonds is 10. The van der Waals surface area contributed by atoms with Gasteiger partial charge < -0.3 is 19.3 Å². The molecule has 0 saturated heterocycles. The number of hydrogen-bond acceptors (Lipinski definition) is 4. The molecule has 1 aromatic carbocycles. The standard InChI is InChI=1S/C16H26O4/c1-4-20-16-8-6-5-7-14(16)15(17)12-19-10-9-18-11-13(2)3/h5-8,13,15,17H,4,9-12H2,1-3H3. The van der Waals surface area contributed by atoms with E-state index in [1.165, 1.54) is 0 Å². The van der Waals surface area contributed by atoms with Gasteiger partial charge in [-0.25, -0.2) is 0 Å². The number of benzene rings is 1. The fourth-order valence-electron chi connectivity index (χ4n) is 1.76. The monoisotopic (exact) mass is 282 g/mol. The van der Waals surface area contributed by atoms with Gasteiger partial charge in [-0.15, -0.1) is 0 Å². The molecule has 1 N–H and O–H groups in total. The maximum atomic E-state index is 10.1. The van der Waals surface area contributed by atoms with E-state index in [2.05, 4.69) is 13.8 Å². The van der Waals surface area contributed by atoms with Crippen molar-refractivity contribution < 1.29 is 19.3 Å². The van der Waals surface area contributed by atoms with Gasteiger partial charge in [-0.1, -0.05) is 32.0 Å². The van der Waals surface area contributed by atoms with Crippen molar-refractivity contribution in [3.63, 3.8) is 0 Å². The summed E-state index contributed by atoms with van der Waals surface area (Å²) in [6, 6.07) is 7.48. The summed E-state index contributed by atoms with van der Waals surface area (Å²) in [6.07, 6.45) is -0.678. The minimum atomic E-state index is -0.678. The molecule has 1 rings (SSSR count). The highest BCUT2D eigenvalue weighted by molar-refractivity contribution is 5.35. The maximum absolute atomic E-state index is 10.1. The van der Waals surface area contributed by atoms with Crippen LogP contribution in [-0.4, -0.2) is 38.1 Å². The van der Waals surface area contributed by atoms with Gasteiger partial charge in [0.2, 0.25) is 0 Å². The number of hydrogen-bond donors (Lipinski definition) is 1. The fourth-order valence-corrected chi connectivity index (χ4v) is 1.76. The third-order valence-corrected chi connectivity index (χ3v) is 2.68. The Balaban J connectivity index is 2.30. The van der Waals surface area contributed by atoms with Crippen LogP contribution >= 0.6 is 0 Å². The molecule has 0 aliphatic rings. The minimum absolute atomic E-state index is 0.245. The van der Waals surface area contributed by atoms with Crippen LogP contribution in [-0.2, 0) is 9.47 Å². The molecular formula is C16H26O4. The van der Waals surface area contributed by atoms with Gasteiger partial charge in [0, 0.05) is 12.2 Å². The summed E-state index contributed by atoms with van der Waals surface area (Å²) in [5.74, 6) is 1.24. The lowest BCUT2D eigenvalue weighted by atomic mass is 10.1. The molecule has 1 aromatic rings. The van der Waals surface area contributed by atoms with Crippen LogP contribution in [0.3, 0.4) is 0 Å². The topological polar surface area (TPSA) is 47.9 Å². The Bertz CT molecular complexity index is 365. The van der Waals surface area contributed by atoms with Crippen molar-refractivity contribution in [2.75, 3.05) is 33.0 Å². The van der Waals surface area contributed by atoms with Gasteiger partial charge in [-0.05, 0) is 18.9 Å². The first kappa shape index (κ1) is 17.0. The molecule has 0 bridgehead atoms. The van der Waals surface area contributed by atoms with E-state index in [4.69, 9.17) is 14.2 Å². The Morgan fingerprint density at radius 3 is 2.35 bits per heavy atom. The van der Waals surface area contributed by atoms with E-state index in [0.717, 1.165) is 12.2 Å². The molecule has 0 aliphatic carbocycles. The van der Waals surface area contributed by atoms with Crippen LogP contribution in [0, 0.1) is 5.92 Å². The zero-order valence-corrected chi connectivity index (χ0v) is 12.7. The average Bonchev–Trinajstić information content (AvgIpc) is 2.43. The van der Waals surface area contributed by atoms with Crippen molar-refractivity contribution in [2.24, 2.45) is 5.92 Å². The first-order valence-corrected chi connectivity index (χ1v) is 7.20. The highest BCUT2D eigenvalue weighted by atomic mass is 16.5. The molecule has 0 amide bonds. The van der Waals surface area contributed by atoms with Crippen LogP contribution in [0.5, 0.6) is 5.75 Å². The molecule has 1 unspecified atom stereocenters. The summed E-state index contributed by atoms with van der Waals surface area (Å²) in [6.45, 7) is 8.73. The molecule has 0 saturated carbocycles. The van der Waals surface area contributed by atoms with Crippen molar-refractivity contribution in [2.45, 2.75) is 26.9 Å². The molecule has 0 radical (unpaired) electrons. The summed E-state index contributed by atoms with van der Waals surface area (Å²) >= 11 is 0. The third-order valence-electron chi connectivity index (χ3n) is 2.68. The molecular weight excluding hydrogens is 256 g/mol. The quantitative estimate of drug-likeness (QED) is 0.670. The normalized spacial score (nSPS) is 12.7. The smallest absolute Gasteiger partial charge is 0.125 e. The molecule has 0 heterocycles. The van der Waals surface area contributed by atoms with Crippen LogP contribution in [0.1, 0.15) is 32.4 Å². The Hall–Kier alpha value is -1.10. The summed E-state index contributed by atoms with van der Waals surface area (Å²) in [5, 5.41) is 10.1. The Labute approximate surface area is 121 Å². The zero-order valence-electron chi connectivity index (χ0n) is 12.7. The van der Waals surface area contributed by atoms with E-state index >= 15 is 0 Å². The van der Waals surface area contributed by atoms with Gasteiger partial charge in [-0.3, -0.25) is 0 Å². The van der Waals surface area contributed by atoms with Crippen molar-refractivity contribution in [3.05, 3.63) is 29.8 Å². The molecule has 0 aliphatic heterocycles. The highest BCUT2D eigenvalue weighted by Crippen LogP contribution is 2.25. The third kappa shape index (κ3) is 6.37. The van der Waals surface area contributed by atoms with Crippen molar-refractivity contribution in [1.29, 1.82) is 0 Å². The summed E-state index contributed by atoms with van der Waals surface area (Å²) in [5.41, 5.74) is 0.762. The molecule has 4 heteroatoms. The molecule has 0 fully saturated rings. The van der Waals surface area contributed by atoms with E-state index < -0.39 is 6.10 Å². The first-order chi connectivity index (χ1) is 9.65. The summed E-state index contributed by atoms with van der Waals surface area (Å²) < 4.78 is 16.3. The Kier molecular flexibility index (Phi) is 8.26. The van der Waals surface area contributed by atoms with Crippen LogP contribution in [0.4, 0.5) is 0 Å². The SMILES string of the molecule is CCOc1ccccc1C(O)COCCOCC(C)C. The van der Waals surface area contributed by atoms with Gasteiger partial charge in [-0.2, -0.15) is 0 Å². The minimum Gasteiger partial charge on any atom is -0.493 e. The van der Waals surface area contributed by atoms with Gasteiger partial charge in [0.1, 0.15) is 11.9 Å². The number of aliphatic hydroxyl groups excluding tert-OH is 1. The van der Waals surface area contributed by atoms with E-state index in [9.17, 15) is 5.11 Å². The van der Waals surface area contributed by atoms with Crippen LogP contribution in [0.15, 0.2) is 24.3 Å². The molecule has 4 nitrogen and oxygen atoms in total. The second kappa shape index (κ2) is 9.75. The van der Waals surface area contributed by atoms with Gasteiger partial charge in [0.05, 0.1) is 26.4 Å². The van der Waals surface area contributed by atoms with Crippen molar-refractivity contribution in [3.8, 4) is 5.75 Å². The Morgan fingerprint density at radius 1 is 1.05 bits per heavy atom. The number of aliphatic hydroxyl groups is 1. The summed E-state index contributed by atoms with van der Waals surface area (Å²) in [7, 11) is 0. The largest absolute Gasteiger partial charge is 0.493 e. The highest BCUT2D eigenvalue weighted by Gasteiger charge is 2.12. The second-order valence-corrected chi connectivity index (χ2v) is 5.03. The Morgan fingerprint density at radius 2 is 1.70 bits per heavy atom. The zero-order chi connectivity index (χ0) is 14.8. The predicted octanol–water partition coefficient (Wildman–Crippen LogP) is 2.81. The summed E-state index contributed by atoms with van der Waals surface area (Å²) in [4.78, 5) is 0. The van der Waals surface area contributed by atoms with Gasteiger partial charge >= 0.3 is 0 Å². The van der Waals surface area contributed by atoms with Gasteiger partial charge in [0.25, 0.3) is 0 Å². The van der Waals surface area contributed by atoms with Crippen molar-refractivity contribution in [1.82, 2.24) is 0 Å². The van der Waals surface area contributed by atoms with E-state index in [1.54, 1.807) is 0 Å². The van der Waals surface area contributed by atoms with Crippen LogP contribution in [0.25, 0.3) is 0 Å². The number of para-hydroxylation sites is 1.